The van der Waals surface area contributed by atoms with Crippen LogP contribution in [0.3, 0.4) is 0 Å². The lowest BCUT2D eigenvalue weighted by Crippen LogP contribution is -2.30. The molecule has 0 aromatic heterocycles. The van der Waals surface area contributed by atoms with E-state index in [2.05, 4.69) is 36.5 Å². The van der Waals surface area contributed by atoms with Crippen molar-refractivity contribution >= 4 is 5.97 Å². The average Bonchev–Trinajstić information content (AvgIpc) is 2.39. The Hall–Kier alpha value is -1.35. The molecule has 2 atom stereocenters. The van der Waals surface area contributed by atoms with Crippen molar-refractivity contribution in [1.29, 1.82) is 0 Å². The number of carbonyl (C=O) groups excluding carboxylic acids is 1. The summed E-state index contributed by atoms with van der Waals surface area (Å²) in [6.45, 7) is 7.45. The maximum Gasteiger partial charge on any atom is 0.307 e. The first-order chi connectivity index (χ1) is 9.13. The van der Waals surface area contributed by atoms with Gasteiger partial charge in [0.05, 0.1) is 13.0 Å². The molecule has 1 rings (SSSR count). The summed E-state index contributed by atoms with van der Waals surface area (Å²) in [5.74, 6) is 0.405. The van der Waals surface area contributed by atoms with Crippen molar-refractivity contribution in [1.82, 2.24) is 5.32 Å². The molecule has 2 unspecified atom stereocenters. The summed E-state index contributed by atoms with van der Waals surface area (Å²) in [5, 5.41) is 3.37. The van der Waals surface area contributed by atoms with E-state index in [9.17, 15) is 4.79 Å². The van der Waals surface area contributed by atoms with E-state index in [0.29, 0.717) is 18.9 Å². The average molecular weight is 263 g/mol. The van der Waals surface area contributed by atoms with Gasteiger partial charge in [-0.25, -0.2) is 0 Å². The highest BCUT2D eigenvalue weighted by Gasteiger charge is 2.10. The van der Waals surface area contributed by atoms with Crippen LogP contribution in [0.1, 0.15) is 45.1 Å². The molecule has 19 heavy (non-hydrogen) atoms. The van der Waals surface area contributed by atoms with E-state index in [-0.39, 0.29) is 12.0 Å². The first-order valence-electron chi connectivity index (χ1n) is 7.07. The van der Waals surface area contributed by atoms with Crippen LogP contribution >= 0.6 is 0 Å². The van der Waals surface area contributed by atoms with Crippen molar-refractivity contribution in [3.63, 3.8) is 0 Å². The summed E-state index contributed by atoms with van der Waals surface area (Å²) < 4.78 is 4.93. The zero-order valence-corrected chi connectivity index (χ0v) is 12.2. The monoisotopic (exact) mass is 263 g/mol. The van der Waals surface area contributed by atoms with Crippen molar-refractivity contribution in [2.75, 3.05) is 13.2 Å². The fraction of sp³-hybridized carbons (Fsp3) is 0.562. The summed E-state index contributed by atoms with van der Waals surface area (Å²) in [5.41, 5.74) is 1.36. The zero-order chi connectivity index (χ0) is 14.1. The molecule has 106 valence electrons. The van der Waals surface area contributed by atoms with Crippen LogP contribution in [-0.4, -0.2) is 25.2 Å². The number of benzene rings is 1. The van der Waals surface area contributed by atoms with Gasteiger partial charge in [0.15, 0.2) is 0 Å². The standard InChI is InChI=1S/C16H25NO2/c1-4-19-16(18)12-14(3)17-11-10-13(2)15-8-6-5-7-9-15/h5-9,13-14,17H,4,10-12H2,1-3H3. The minimum absolute atomic E-state index is 0.126. The van der Waals surface area contributed by atoms with Crippen LogP contribution in [0.4, 0.5) is 0 Å². The van der Waals surface area contributed by atoms with E-state index >= 15 is 0 Å². The van der Waals surface area contributed by atoms with Crippen LogP contribution in [0.15, 0.2) is 30.3 Å². The van der Waals surface area contributed by atoms with E-state index < -0.39 is 0 Å². The molecule has 0 saturated heterocycles. The second kappa shape index (κ2) is 8.70. The Morgan fingerprint density at radius 2 is 1.95 bits per heavy atom. The van der Waals surface area contributed by atoms with Crippen LogP contribution in [0.25, 0.3) is 0 Å². The van der Waals surface area contributed by atoms with Gasteiger partial charge in [-0.15, -0.1) is 0 Å². The van der Waals surface area contributed by atoms with Gasteiger partial charge < -0.3 is 10.1 Å². The van der Waals surface area contributed by atoms with Crippen LogP contribution in [0.5, 0.6) is 0 Å². The van der Waals surface area contributed by atoms with E-state index in [4.69, 9.17) is 4.74 Å². The van der Waals surface area contributed by atoms with Crippen LogP contribution in [-0.2, 0) is 9.53 Å². The van der Waals surface area contributed by atoms with Crippen LogP contribution in [0, 0.1) is 0 Å². The van der Waals surface area contributed by atoms with E-state index in [1.165, 1.54) is 5.56 Å². The number of rotatable bonds is 8. The van der Waals surface area contributed by atoms with Crippen LogP contribution in [0.2, 0.25) is 0 Å². The minimum Gasteiger partial charge on any atom is -0.466 e. The second-order valence-corrected chi connectivity index (χ2v) is 4.96. The van der Waals surface area contributed by atoms with Gasteiger partial charge in [-0.3, -0.25) is 4.79 Å². The fourth-order valence-electron chi connectivity index (χ4n) is 2.04. The zero-order valence-electron chi connectivity index (χ0n) is 12.2. The van der Waals surface area contributed by atoms with Gasteiger partial charge in [0.1, 0.15) is 0 Å². The SMILES string of the molecule is CCOC(=O)CC(C)NCCC(C)c1ccccc1. The molecule has 1 aromatic rings. The highest BCUT2D eigenvalue weighted by molar-refractivity contribution is 5.69. The predicted octanol–water partition coefficient (Wildman–Crippen LogP) is 3.11. The molecule has 3 heteroatoms. The molecule has 0 aliphatic rings. The summed E-state index contributed by atoms with van der Waals surface area (Å²) >= 11 is 0. The number of esters is 1. The molecule has 0 saturated carbocycles. The van der Waals surface area contributed by atoms with Gasteiger partial charge in [0.2, 0.25) is 0 Å². The number of nitrogens with one attached hydrogen (secondary N) is 1. The number of hydrogen-bond donors (Lipinski definition) is 1. The summed E-state index contributed by atoms with van der Waals surface area (Å²) in [4.78, 5) is 11.3. The van der Waals surface area contributed by atoms with E-state index in [1.807, 2.05) is 19.9 Å². The molecular weight excluding hydrogens is 238 g/mol. The highest BCUT2D eigenvalue weighted by atomic mass is 16.5. The van der Waals surface area contributed by atoms with Crippen molar-refractivity contribution in [2.45, 2.75) is 45.6 Å². The Morgan fingerprint density at radius 3 is 2.58 bits per heavy atom. The normalized spacial score (nSPS) is 13.8. The molecule has 1 aromatic carbocycles. The third-order valence-corrected chi connectivity index (χ3v) is 3.22. The largest absolute Gasteiger partial charge is 0.466 e. The molecule has 3 nitrogen and oxygen atoms in total. The molecule has 0 amide bonds. The second-order valence-electron chi connectivity index (χ2n) is 4.96. The first kappa shape index (κ1) is 15.7. The van der Waals surface area contributed by atoms with E-state index in [1.54, 1.807) is 0 Å². The maximum absolute atomic E-state index is 11.3. The lowest BCUT2D eigenvalue weighted by molar-refractivity contribution is -0.143. The third kappa shape index (κ3) is 6.39. The Kier molecular flexibility index (Phi) is 7.19. The predicted molar refractivity (Wildman–Crippen MR) is 78.2 cm³/mol. The molecule has 1 N–H and O–H groups in total. The minimum atomic E-state index is -0.126. The smallest absolute Gasteiger partial charge is 0.307 e. The number of hydrogen-bond acceptors (Lipinski definition) is 3. The fourth-order valence-corrected chi connectivity index (χ4v) is 2.04. The van der Waals surface area contributed by atoms with Gasteiger partial charge in [-0.2, -0.15) is 0 Å². The maximum atomic E-state index is 11.3. The summed E-state index contributed by atoms with van der Waals surface area (Å²) in [6, 6.07) is 10.7. The molecule has 0 fully saturated rings. The van der Waals surface area contributed by atoms with Crippen molar-refractivity contribution in [3.05, 3.63) is 35.9 Å². The van der Waals surface area contributed by atoms with Gasteiger partial charge >= 0.3 is 5.97 Å². The van der Waals surface area contributed by atoms with Crippen molar-refractivity contribution in [3.8, 4) is 0 Å². The van der Waals surface area contributed by atoms with Crippen molar-refractivity contribution < 1.29 is 9.53 Å². The van der Waals surface area contributed by atoms with Gasteiger partial charge in [-0.05, 0) is 38.3 Å². The molecule has 0 radical (unpaired) electrons. The molecule has 0 heterocycles. The van der Waals surface area contributed by atoms with E-state index in [0.717, 1.165) is 13.0 Å². The quantitative estimate of drug-likeness (QED) is 0.732. The van der Waals surface area contributed by atoms with Gasteiger partial charge in [-0.1, -0.05) is 37.3 Å². The molecule has 0 aliphatic heterocycles. The van der Waals surface area contributed by atoms with Gasteiger partial charge in [0, 0.05) is 6.04 Å². The number of carbonyl (C=O) groups is 1. The Balaban J connectivity index is 2.21. The lowest BCUT2D eigenvalue weighted by atomic mass is 9.98. The highest BCUT2D eigenvalue weighted by Crippen LogP contribution is 2.17. The third-order valence-electron chi connectivity index (χ3n) is 3.22. The lowest BCUT2D eigenvalue weighted by Gasteiger charge is -2.16. The summed E-state index contributed by atoms with van der Waals surface area (Å²) in [6.07, 6.45) is 1.50. The van der Waals surface area contributed by atoms with Gasteiger partial charge in [0.25, 0.3) is 0 Å². The molecule has 0 spiro atoms. The Bertz CT molecular complexity index is 364. The van der Waals surface area contributed by atoms with Crippen LogP contribution < -0.4 is 5.32 Å². The Morgan fingerprint density at radius 1 is 1.26 bits per heavy atom. The number of ether oxygens (including phenoxy) is 1. The molecule has 0 bridgehead atoms. The topological polar surface area (TPSA) is 38.3 Å². The molecular formula is C16H25NO2. The first-order valence-corrected chi connectivity index (χ1v) is 7.07. The molecule has 0 aliphatic carbocycles. The van der Waals surface area contributed by atoms with Crippen molar-refractivity contribution in [2.24, 2.45) is 0 Å². The Labute approximate surface area is 116 Å². The summed E-state index contributed by atoms with van der Waals surface area (Å²) in [7, 11) is 0.